The number of nitrogens with two attached hydrogens (primary N) is 2. The SMILES string of the molecule is Nc1nc2c(ncn2C2OC(CO)CC2OP(O)(=S)OC2COC3C(O[P+](=O)S)C2OC3n2cnc3c(N)ncnc32)c(=O)[nH]1. The van der Waals surface area contributed by atoms with E-state index in [1.807, 2.05) is 0 Å². The summed E-state index contributed by atoms with van der Waals surface area (Å²) < 4.78 is 50.7. The summed E-state index contributed by atoms with van der Waals surface area (Å²) in [6.07, 6.45) is -3.23. The molecule has 45 heavy (non-hydrogen) atoms. The van der Waals surface area contributed by atoms with Crippen LogP contribution in [-0.4, -0.2) is 98.9 Å². The Balaban J connectivity index is 1.13. The highest BCUT2D eigenvalue weighted by Gasteiger charge is 2.58. The van der Waals surface area contributed by atoms with Gasteiger partial charge in [-0.15, -0.1) is 4.52 Å². The maximum absolute atomic E-state index is 12.3. The van der Waals surface area contributed by atoms with Gasteiger partial charge in [0.15, 0.2) is 41.2 Å². The molecule has 2 bridgehead atoms. The smallest absolute Gasteiger partial charge is 0.394 e. The number of anilines is 2. The summed E-state index contributed by atoms with van der Waals surface area (Å²) in [4.78, 5) is 46.6. The Morgan fingerprint density at radius 3 is 2.58 bits per heavy atom. The fourth-order valence-electron chi connectivity index (χ4n) is 5.71. The van der Waals surface area contributed by atoms with Crippen LogP contribution in [0.3, 0.4) is 0 Å². The van der Waals surface area contributed by atoms with Gasteiger partial charge in [-0.3, -0.25) is 18.9 Å². The van der Waals surface area contributed by atoms with Crippen molar-refractivity contribution in [3.05, 3.63) is 29.3 Å². The Morgan fingerprint density at radius 2 is 1.82 bits per heavy atom. The fourth-order valence-corrected chi connectivity index (χ4v) is 8.25. The lowest BCUT2D eigenvalue weighted by molar-refractivity contribution is -0.112. The zero-order valence-corrected chi connectivity index (χ0v) is 26.2. The Hall–Kier alpha value is -2.72. The van der Waals surface area contributed by atoms with Crippen LogP contribution in [0.15, 0.2) is 23.8 Å². The summed E-state index contributed by atoms with van der Waals surface area (Å²) in [7, 11) is -2.41. The number of aromatic nitrogens is 8. The van der Waals surface area contributed by atoms with Crippen molar-refractivity contribution in [1.82, 2.24) is 39.0 Å². The minimum Gasteiger partial charge on any atom is -0.394 e. The first-order valence-electron chi connectivity index (χ1n) is 13.2. The maximum Gasteiger partial charge on any atom is 0.582 e. The van der Waals surface area contributed by atoms with E-state index >= 15 is 0 Å². The predicted octanol–water partition coefficient (Wildman–Crippen LogP) is -0.341. The van der Waals surface area contributed by atoms with Gasteiger partial charge < -0.3 is 44.7 Å². The van der Waals surface area contributed by atoms with Crippen LogP contribution in [0.1, 0.15) is 18.9 Å². The Labute approximate surface area is 262 Å². The maximum atomic E-state index is 12.3. The molecule has 3 saturated heterocycles. The number of hydrogen-bond acceptors (Lipinski definition) is 17. The van der Waals surface area contributed by atoms with Crippen molar-refractivity contribution >= 4 is 72.1 Å². The molecular weight excluding hydrogens is 678 g/mol. The molecule has 240 valence electrons. The van der Waals surface area contributed by atoms with E-state index in [9.17, 15) is 19.4 Å². The monoisotopic (exact) mass is 703 g/mol. The summed E-state index contributed by atoms with van der Waals surface area (Å²) >= 11 is 9.30. The summed E-state index contributed by atoms with van der Waals surface area (Å²) in [5.41, 5.74) is 11.9. The van der Waals surface area contributed by atoms with Crippen molar-refractivity contribution < 1.29 is 42.3 Å². The zero-order valence-electron chi connectivity index (χ0n) is 22.7. The van der Waals surface area contributed by atoms with E-state index in [2.05, 4.69) is 42.2 Å². The fraction of sp³-hybridized carbons (Fsp3) is 0.524. The first-order chi connectivity index (χ1) is 21.5. The molecule has 0 saturated carbocycles. The Kier molecular flexibility index (Phi) is 8.12. The molecule has 7 rings (SSSR count). The number of H-pyrrole nitrogens is 1. The van der Waals surface area contributed by atoms with E-state index in [0.29, 0.717) is 11.2 Å². The largest absolute Gasteiger partial charge is 0.582 e. The highest BCUT2D eigenvalue weighted by Crippen LogP contribution is 2.54. The molecule has 0 amide bonds. The molecule has 0 radical (unpaired) electrons. The highest BCUT2D eigenvalue weighted by atomic mass is 32.7. The molecule has 4 aromatic heterocycles. The second kappa shape index (κ2) is 11.8. The summed E-state index contributed by atoms with van der Waals surface area (Å²) in [6.45, 7) is -4.60. The normalized spacial score (nSPS) is 31.5. The number of nitrogens with one attached hydrogen (secondary N) is 1. The number of imidazole rings is 2. The number of rotatable bonds is 9. The van der Waals surface area contributed by atoms with Crippen LogP contribution in [0.25, 0.3) is 22.3 Å². The van der Waals surface area contributed by atoms with Gasteiger partial charge >= 0.3 is 13.9 Å². The van der Waals surface area contributed by atoms with Gasteiger partial charge in [-0.2, -0.15) is 4.98 Å². The van der Waals surface area contributed by atoms with Crippen molar-refractivity contribution in [2.24, 2.45) is 0 Å². The van der Waals surface area contributed by atoms with Gasteiger partial charge in [0, 0.05) is 6.42 Å². The molecule has 10 unspecified atom stereocenters. The van der Waals surface area contributed by atoms with Gasteiger partial charge in [0.25, 0.3) is 5.56 Å². The lowest BCUT2D eigenvalue weighted by Gasteiger charge is -2.33. The van der Waals surface area contributed by atoms with Gasteiger partial charge in [0.05, 0.1) is 32.0 Å². The predicted molar refractivity (Wildman–Crippen MR) is 159 cm³/mol. The third-order valence-electron chi connectivity index (χ3n) is 7.53. The molecule has 3 fully saturated rings. The van der Waals surface area contributed by atoms with Crippen LogP contribution in [0.4, 0.5) is 11.8 Å². The molecule has 0 spiro atoms. The second-order valence-electron chi connectivity index (χ2n) is 10.3. The van der Waals surface area contributed by atoms with Crippen molar-refractivity contribution in [2.75, 3.05) is 24.7 Å². The van der Waals surface area contributed by atoms with E-state index in [1.165, 1.54) is 23.5 Å². The molecular formula is C21H25N10O10P2S2+. The summed E-state index contributed by atoms with van der Waals surface area (Å²) in [5, 5.41) is 9.81. The van der Waals surface area contributed by atoms with Crippen LogP contribution >= 0.6 is 26.2 Å². The topological polar surface area (TPSA) is 272 Å². The van der Waals surface area contributed by atoms with Crippen LogP contribution < -0.4 is 17.0 Å². The van der Waals surface area contributed by atoms with Crippen molar-refractivity contribution in [2.45, 2.75) is 55.5 Å². The van der Waals surface area contributed by atoms with Crippen LogP contribution in [0.2, 0.25) is 0 Å². The molecule has 3 aliphatic heterocycles. The lowest BCUT2D eigenvalue weighted by atomic mass is 10.0. The number of fused-ring (bicyclic) bond motifs is 4. The number of hydrogen-bond donors (Lipinski definition) is 6. The van der Waals surface area contributed by atoms with Gasteiger partial charge in [-0.1, -0.05) is 0 Å². The van der Waals surface area contributed by atoms with Crippen LogP contribution in [0, 0.1) is 0 Å². The third kappa shape index (κ3) is 5.64. The third-order valence-corrected chi connectivity index (χ3v) is 9.83. The molecule has 4 aromatic rings. The van der Waals surface area contributed by atoms with E-state index < -0.39 is 68.6 Å². The van der Waals surface area contributed by atoms with E-state index in [0.717, 1.165) is 0 Å². The molecule has 0 aliphatic carbocycles. The molecule has 24 heteroatoms. The number of thiol groups is 1. The average Bonchev–Trinajstić information content (AvgIpc) is 3.73. The lowest BCUT2D eigenvalue weighted by Crippen LogP contribution is -2.49. The van der Waals surface area contributed by atoms with Gasteiger partial charge in [0.1, 0.15) is 48.5 Å². The number of aromatic amines is 1. The standard InChI is InChI=1S/C21H24N10O10P2S2/c22-15-10-16(25-4-24-15)30(5-26-10)20-14-13(39-42(34)44)12(38-20)9(3-36-14)41-43(35,45)40-8-1-7(2-32)37-19(8)31-6-27-11-17(31)28-21(23)29-18(11)33/h4-9,12-14,19-20,32H,1-3H2,(H6-,22,23,24,25,28,29,33,34,35,44,45)/p+1. The number of aliphatic hydroxyl groups is 1. The average molecular weight is 704 g/mol. The first-order valence-corrected chi connectivity index (χ1v) is 18.2. The van der Waals surface area contributed by atoms with Gasteiger partial charge in [0.2, 0.25) is 5.95 Å². The zero-order chi connectivity index (χ0) is 31.6. The first kappa shape index (κ1) is 30.9. The molecule has 10 atom stereocenters. The second-order valence-corrected chi connectivity index (χ2v) is 14.7. The summed E-state index contributed by atoms with van der Waals surface area (Å²) in [6, 6.07) is 0. The Bertz CT molecular complexity index is 1890. The van der Waals surface area contributed by atoms with Gasteiger partial charge in [-0.05, 0) is 16.4 Å². The molecule has 7 N–H and O–H groups in total. The van der Waals surface area contributed by atoms with Crippen molar-refractivity contribution in [1.29, 1.82) is 0 Å². The molecule has 20 nitrogen and oxygen atoms in total. The highest BCUT2D eigenvalue weighted by molar-refractivity contribution is 8.39. The number of nitrogens with zero attached hydrogens (tertiary/aromatic N) is 7. The molecule has 3 aliphatic rings. The number of nitrogen functional groups attached to an aromatic ring is 2. The minimum atomic E-state index is -4.12. The summed E-state index contributed by atoms with van der Waals surface area (Å²) in [5.74, 6) is 0.0161. The van der Waals surface area contributed by atoms with Crippen LogP contribution in [-0.2, 0) is 44.2 Å². The van der Waals surface area contributed by atoms with E-state index in [-0.39, 0.29) is 42.6 Å². The number of aliphatic hydroxyl groups excluding tert-OH is 1. The molecule has 7 heterocycles. The number of ether oxygens (including phenoxy) is 3. The Morgan fingerprint density at radius 1 is 1.09 bits per heavy atom. The van der Waals surface area contributed by atoms with Gasteiger partial charge in [-0.25, -0.2) is 19.9 Å². The van der Waals surface area contributed by atoms with E-state index in [1.54, 1.807) is 4.57 Å². The quantitative estimate of drug-likeness (QED) is 0.0961. The van der Waals surface area contributed by atoms with Crippen molar-refractivity contribution in [3.8, 4) is 0 Å². The van der Waals surface area contributed by atoms with E-state index in [4.69, 9.17) is 51.1 Å². The minimum absolute atomic E-state index is 0.00564. The molecule has 0 aromatic carbocycles. The van der Waals surface area contributed by atoms with Crippen molar-refractivity contribution in [3.63, 3.8) is 0 Å². The van der Waals surface area contributed by atoms with Crippen LogP contribution in [0.5, 0.6) is 0 Å².